The third kappa shape index (κ3) is 3.62. The van der Waals surface area contributed by atoms with Gasteiger partial charge in [-0.15, -0.1) is 11.6 Å². The predicted octanol–water partition coefficient (Wildman–Crippen LogP) is 3.15. The van der Waals surface area contributed by atoms with Crippen molar-refractivity contribution in [3.8, 4) is 0 Å². The van der Waals surface area contributed by atoms with E-state index in [0.29, 0.717) is 34.9 Å². The van der Waals surface area contributed by atoms with Gasteiger partial charge in [0.05, 0.1) is 11.5 Å². The molecule has 0 N–H and O–H groups in total. The third-order valence-electron chi connectivity index (χ3n) is 3.70. The van der Waals surface area contributed by atoms with Crippen LogP contribution < -0.4 is 0 Å². The molecule has 4 nitrogen and oxygen atoms in total. The molecule has 2 rings (SSSR count). The van der Waals surface area contributed by atoms with Gasteiger partial charge < -0.3 is 4.74 Å². The summed E-state index contributed by atoms with van der Waals surface area (Å²) in [6.07, 6.45) is 0.832. The maximum atomic E-state index is 12.8. The van der Waals surface area contributed by atoms with E-state index in [4.69, 9.17) is 16.3 Å². The maximum Gasteiger partial charge on any atom is 0.244 e. The summed E-state index contributed by atoms with van der Waals surface area (Å²) in [5, 5.41) is 0. The van der Waals surface area contributed by atoms with Crippen LogP contribution in [0.1, 0.15) is 17.5 Å². The van der Waals surface area contributed by atoms with Crippen molar-refractivity contribution in [3.63, 3.8) is 0 Å². The van der Waals surface area contributed by atoms with Crippen molar-refractivity contribution in [3.05, 3.63) is 27.7 Å². The largest absolute Gasteiger partial charge is 0.384 e. The molecule has 0 aromatic heterocycles. The number of aryl methyl sites for hydroxylation is 1. The van der Waals surface area contributed by atoms with Crippen LogP contribution in [-0.4, -0.2) is 39.5 Å². The van der Waals surface area contributed by atoms with E-state index in [-0.39, 0.29) is 5.92 Å². The molecule has 1 heterocycles. The third-order valence-corrected chi connectivity index (χ3v) is 7.22. The summed E-state index contributed by atoms with van der Waals surface area (Å²) in [5.41, 5.74) is 1.68. The number of sulfonamides is 1. The first-order valence-electron chi connectivity index (χ1n) is 6.74. The Labute approximate surface area is 139 Å². The second-order valence-corrected chi connectivity index (χ2v) is 8.30. The zero-order valence-electron chi connectivity index (χ0n) is 12.1. The number of benzene rings is 1. The van der Waals surface area contributed by atoms with Crippen LogP contribution in [0.15, 0.2) is 21.5 Å². The van der Waals surface area contributed by atoms with Gasteiger partial charge in [0.15, 0.2) is 0 Å². The first kappa shape index (κ1) is 17.2. The van der Waals surface area contributed by atoms with Crippen LogP contribution >= 0.6 is 27.5 Å². The number of nitrogens with zero attached hydrogens (tertiary/aromatic N) is 1. The van der Waals surface area contributed by atoms with E-state index in [0.717, 1.165) is 17.5 Å². The molecule has 1 saturated heterocycles. The highest BCUT2D eigenvalue weighted by Crippen LogP contribution is 2.32. The second-order valence-electron chi connectivity index (χ2n) is 5.33. The average molecular weight is 397 g/mol. The Hall–Kier alpha value is -0.140. The first-order valence-corrected chi connectivity index (χ1v) is 9.51. The van der Waals surface area contributed by atoms with Crippen LogP contribution in [-0.2, 0) is 20.6 Å². The van der Waals surface area contributed by atoms with Crippen LogP contribution in [0.2, 0.25) is 0 Å². The lowest BCUT2D eigenvalue weighted by molar-refractivity contribution is 0.157. The molecule has 1 unspecified atom stereocenters. The molecule has 0 saturated carbocycles. The van der Waals surface area contributed by atoms with E-state index in [1.165, 1.54) is 4.31 Å². The second kappa shape index (κ2) is 6.96. The number of ether oxygens (including phenoxy) is 1. The summed E-state index contributed by atoms with van der Waals surface area (Å²) < 4.78 is 33.0. The maximum absolute atomic E-state index is 12.8. The Morgan fingerprint density at radius 2 is 2.19 bits per heavy atom. The molecular formula is C14H19BrClNO3S. The van der Waals surface area contributed by atoms with Gasteiger partial charge in [0.25, 0.3) is 0 Å². The van der Waals surface area contributed by atoms with Crippen molar-refractivity contribution in [1.29, 1.82) is 0 Å². The van der Waals surface area contributed by atoms with Crippen molar-refractivity contribution in [2.75, 3.05) is 26.8 Å². The predicted molar refractivity (Wildman–Crippen MR) is 87.2 cm³/mol. The number of methoxy groups -OCH3 is 1. The highest BCUT2D eigenvalue weighted by Gasteiger charge is 2.34. The molecular weight excluding hydrogens is 378 g/mol. The highest BCUT2D eigenvalue weighted by molar-refractivity contribution is 9.10. The summed E-state index contributed by atoms with van der Waals surface area (Å²) in [4.78, 5) is 0.302. The lowest BCUT2D eigenvalue weighted by Gasteiger charge is -2.19. The van der Waals surface area contributed by atoms with E-state index in [1.807, 2.05) is 13.0 Å². The van der Waals surface area contributed by atoms with Gasteiger partial charge in [0.2, 0.25) is 10.0 Å². The summed E-state index contributed by atoms with van der Waals surface area (Å²) in [7, 11) is -1.86. The monoisotopic (exact) mass is 395 g/mol. The van der Waals surface area contributed by atoms with Gasteiger partial charge in [-0.1, -0.05) is 6.07 Å². The molecule has 1 fully saturated rings. The molecule has 7 heteroatoms. The van der Waals surface area contributed by atoms with Crippen molar-refractivity contribution in [1.82, 2.24) is 4.31 Å². The van der Waals surface area contributed by atoms with Gasteiger partial charge in [-0.2, -0.15) is 4.31 Å². The number of hydrogen-bond acceptors (Lipinski definition) is 3. The van der Waals surface area contributed by atoms with Crippen molar-refractivity contribution < 1.29 is 13.2 Å². The normalized spacial score (nSPS) is 20.1. The smallest absolute Gasteiger partial charge is 0.244 e. The zero-order chi connectivity index (χ0) is 15.6. The summed E-state index contributed by atoms with van der Waals surface area (Å²) in [6.45, 7) is 3.50. The molecule has 0 spiro atoms. The standard InChI is InChI=1S/C14H19BrClNO3S/c1-10-5-12(7-16)6-13(14(10)15)21(18,19)17-4-3-11(8-17)9-20-2/h5-6,11H,3-4,7-9H2,1-2H3. The molecule has 21 heavy (non-hydrogen) atoms. The summed E-state index contributed by atoms with van der Waals surface area (Å²) >= 11 is 9.26. The summed E-state index contributed by atoms with van der Waals surface area (Å²) in [6, 6.07) is 3.55. The van der Waals surface area contributed by atoms with Gasteiger partial charge in [0, 0.05) is 30.6 Å². The fraction of sp³-hybridized carbons (Fsp3) is 0.571. The molecule has 0 bridgehead atoms. The molecule has 0 amide bonds. The molecule has 1 aromatic rings. The Bertz CT molecular complexity index is 621. The van der Waals surface area contributed by atoms with Gasteiger partial charge in [0.1, 0.15) is 0 Å². The SMILES string of the molecule is COCC1CCN(S(=O)(=O)c2cc(CCl)cc(C)c2Br)C1. The minimum atomic E-state index is -3.50. The van der Waals surface area contributed by atoms with E-state index in [1.54, 1.807) is 13.2 Å². The van der Waals surface area contributed by atoms with Gasteiger partial charge in [-0.25, -0.2) is 8.42 Å². The van der Waals surface area contributed by atoms with Crippen molar-refractivity contribution >= 4 is 37.6 Å². The summed E-state index contributed by atoms with van der Waals surface area (Å²) in [5.74, 6) is 0.559. The molecule has 1 aliphatic heterocycles. The van der Waals surface area contributed by atoms with E-state index >= 15 is 0 Å². The van der Waals surface area contributed by atoms with E-state index in [9.17, 15) is 8.42 Å². The van der Waals surface area contributed by atoms with Gasteiger partial charge in [-0.05, 0) is 52.4 Å². The van der Waals surface area contributed by atoms with Crippen molar-refractivity contribution in [2.24, 2.45) is 5.92 Å². The van der Waals surface area contributed by atoms with Crippen LogP contribution in [0.3, 0.4) is 0 Å². The Morgan fingerprint density at radius 1 is 1.48 bits per heavy atom. The lowest BCUT2D eigenvalue weighted by Crippen LogP contribution is -2.30. The quantitative estimate of drug-likeness (QED) is 0.718. The van der Waals surface area contributed by atoms with Crippen LogP contribution in [0.25, 0.3) is 0 Å². The Kier molecular flexibility index (Phi) is 5.71. The average Bonchev–Trinajstić information content (AvgIpc) is 2.91. The topological polar surface area (TPSA) is 46.6 Å². The molecule has 1 aliphatic rings. The van der Waals surface area contributed by atoms with Crippen LogP contribution in [0, 0.1) is 12.8 Å². The minimum Gasteiger partial charge on any atom is -0.384 e. The Morgan fingerprint density at radius 3 is 2.81 bits per heavy atom. The molecule has 1 aromatic carbocycles. The van der Waals surface area contributed by atoms with Crippen LogP contribution in [0.4, 0.5) is 0 Å². The fourth-order valence-corrected chi connectivity index (χ4v) is 5.32. The van der Waals surface area contributed by atoms with Crippen molar-refractivity contribution in [2.45, 2.75) is 24.1 Å². The number of hydrogen-bond donors (Lipinski definition) is 0. The molecule has 0 aliphatic carbocycles. The number of rotatable bonds is 5. The fourth-order valence-electron chi connectivity index (χ4n) is 2.60. The van der Waals surface area contributed by atoms with Gasteiger partial charge >= 0.3 is 0 Å². The molecule has 0 radical (unpaired) electrons. The van der Waals surface area contributed by atoms with Gasteiger partial charge in [-0.3, -0.25) is 0 Å². The molecule has 118 valence electrons. The minimum absolute atomic E-state index is 0.265. The first-order chi connectivity index (χ1) is 9.90. The van der Waals surface area contributed by atoms with Crippen LogP contribution in [0.5, 0.6) is 0 Å². The van der Waals surface area contributed by atoms with E-state index < -0.39 is 10.0 Å². The zero-order valence-corrected chi connectivity index (χ0v) is 15.3. The van der Waals surface area contributed by atoms with E-state index in [2.05, 4.69) is 15.9 Å². The molecule has 1 atom stereocenters. The number of halogens is 2. The Balaban J connectivity index is 2.34. The lowest BCUT2D eigenvalue weighted by atomic mass is 10.1. The number of alkyl halides is 1. The highest BCUT2D eigenvalue weighted by atomic mass is 79.9.